The van der Waals surface area contributed by atoms with Gasteiger partial charge in [0, 0.05) is 50.0 Å². The van der Waals surface area contributed by atoms with Gasteiger partial charge in [0.2, 0.25) is 17.7 Å². The number of unbranched alkanes of at least 4 members (excludes halogenated alkanes) is 2. The van der Waals surface area contributed by atoms with E-state index in [4.69, 9.17) is 11.6 Å². The van der Waals surface area contributed by atoms with Crippen LogP contribution in [0.2, 0.25) is 5.02 Å². The highest BCUT2D eigenvalue weighted by molar-refractivity contribution is 6.30. The summed E-state index contributed by atoms with van der Waals surface area (Å²) in [6.07, 6.45) is 10.1. The van der Waals surface area contributed by atoms with E-state index in [9.17, 15) is 14.4 Å². The first-order valence-corrected chi connectivity index (χ1v) is 14.4. The van der Waals surface area contributed by atoms with Crippen LogP contribution in [-0.4, -0.2) is 84.3 Å². The Kier molecular flexibility index (Phi) is 11.7. The Labute approximate surface area is 227 Å². The number of benzene rings is 1. The van der Waals surface area contributed by atoms with Crippen LogP contribution < -0.4 is 5.32 Å². The van der Waals surface area contributed by atoms with E-state index in [1.165, 1.54) is 19.3 Å². The van der Waals surface area contributed by atoms with Gasteiger partial charge in [0.1, 0.15) is 6.04 Å². The Morgan fingerprint density at radius 3 is 2.30 bits per heavy atom. The molecule has 1 atom stereocenters. The number of hydrogen-bond donors (Lipinski definition) is 1. The highest BCUT2D eigenvalue weighted by atomic mass is 35.5. The van der Waals surface area contributed by atoms with Crippen molar-refractivity contribution in [3.8, 4) is 0 Å². The second kappa shape index (κ2) is 14.7. The van der Waals surface area contributed by atoms with Crippen LogP contribution in [0.5, 0.6) is 0 Å². The fourth-order valence-corrected chi connectivity index (χ4v) is 5.53. The van der Waals surface area contributed by atoms with Gasteiger partial charge in [0.15, 0.2) is 0 Å². The fraction of sp³-hybridized carbons (Fsp3) is 0.690. The van der Waals surface area contributed by atoms with Crippen LogP contribution in [-0.2, 0) is 20.8 Å². The summed E-state index contributed by atoms with van der Waals surface area (Å²) in [6.45, 7) is 3.85. The predicted octanol–water partition coefficient (Wildman–Crippen LogP) is 4.27. The Hall–Kier alpha value is -2.12. The molecule has 3 rings (SSSR count). The van der Waals surface area contributed by atoms with E-state index < -0.39 is 6.04 Å². The molecule has 1 N–H and O–H groups in total. The van der Waals surface area contributed by atoms with Crippen LogP contribution in [0.15, 0.2) is 24.3 Å². The summed E-state index contributed by atoms with van der Waals surface area (Å²) in [5.41, 5.74) is 0.947. The minimum absolute atomic E-state index is 0.0711. The van der Waals surface area contributed by atoms with Crippen molar-refractivity contribution >= 4 is 29.3 Å². The maximum Gasteiger partial charge on any atom is 0.245 e. The van der Waals surface area contributed by atoms with Crippen molar-refractivity contribution in [1.82, 2.24) is 20.0 Å². The van der Waals surface area contributed by atoms with Crippen molar-refractivity contribution in [2.75, 3.05) is 33.7 Å². The van der Waals surface area contributed by atoms with E-state index in [1.807, 2.05) is 36.0 Å². The minimum atomic E-state index is -0.639. The van der Waals surface area contributed by atoms with Crippen molar-refractivity contribution < 1.29 is 14.4 Å². The first-order valence-electron chi connectivity index (χ1n) is 14.1. The number of nitrogens with zero attached hydrogens (tertiary/aromatic N) is 3. The molecule has 0 bridgehead atoms. The van der Waals surface area contributed by atoms with Gasteiger partial charge in [-0.2, -0.15) is 0 Å². The van der Waals surface area contributed by atoms with E-state index in [-0.39, 0.29) is 23.8 Å². The highest BCUT2D eigenvalue weighted by Crippen LogP contribution is 2.29. The van der Waals surface area contributed by atoms with Crippen molar-refractivity contribution in [2.45, 2.75) is 95.7 Å². The van der Waals surface area contributed by atoms with Crippen LogP contribution in [0.1, 0.15) is 76.7 Å². The number of carbonyl (C=O) groups is 3. The molecule has 0 spiro atoms. The largest absolute Gasteiger partial charge is 0.344 e. The molecule has 0 aromatic heterocycles. The minimum Gasteiger partial charge on any atom is -0.344 e. The van der Waals surface area contributed by atoms with E-state index >= 15 is 0 Å². The number of nitrogens with one attached hydrogen (secondary N) is 1. The summed E-state index contributed by atoms with van der Waals surface area (Å²) >= 11 is 6.04. The number of hydrogen-bond acceptors (Lipinski definition) is 4. The maximum atomic E-state index is 13.6. The molecule has 0 unspecified atom stereocenters. The maximum absolute atomic E-state index is 13.6. The van der Waals surface area contributed by atoms with E-state index in [1.54, 1.807) is 12.1 Å². The second-order valence-corrected chi connectivity index (χ2v) is 11.4. The van der Waals surface area contributed by atoms with Gasteiger partial charge < -0.3 is 20.0 Å². The van der Waals surface area contributed by atoms with E-state index in [2.05, 4.69) is 17.1 Å². The number of likely N-dealkylation sites (tertiary alicyclic amines) is 1. The zero-order valence-electron chi connectivity index (χ0n) is 22.9. The Balaban J connectivity index is 1.66. The topological polar surface area (TPSA) is 73.0 Å². The van der Waals surface area contributed by atoms with Crippen LogP contribution in [0.3, 0.4) is 0 Å². The van der Waals surface area contributed by atoms with Gasteiger partial charge in [-0.25, -0.2) is 0 Å². The lowest BCUT2D eigenvalue weighted by Gasteiger charge is -2.50. The summed E-state index contributed by atoms with van der Waals surface area (Å²) in [6, 6.07) is 7.12. The molecule has 0 radical (unpaired) electrons. The molecule has 1 aromatic carbocycles. The Bertz CT molecular complexity index is 880. The van der Waals surface area contributed by atoms with Gasteiger partial charge in [-0.1, -0.05) is 62.8 Å². The van der Waals surface area contributed by atoms with Crippen molar-refractivity contribution in [1.29, 1.82) is 0 Å². The monoisotopic (exact) mass is 532 g/mol. The Morgan fingerprint density at radius 1 is 1.00 bits per heavy atom. The third-order valence-corrected chi connectivity index (χ3v) is 7.84. The second-order valence-electron chi connectivity index (χ2n) is 11.0. The number of halogens is 1. The highest BCUT2D eigenvalue weighted by Gasteiger charge is 2.42. The van der Waals surface area contributed by atoms with Gasteiger partial charge in [-0.3, -0.25) is 14.4 Å². The molecule has 2 fully saturated rings. The molecule has 7 nitrogen and oxygen atoms in total. The van der Waals surface area contributed by atoms with Crippen molar-refractivity contribution in [2.24, 2.45) is 0 Å². The molecule has 1 heterocycles. The van der Waals surface area contributed by atoms with Crippen LogP contribution >= 0.6 is 11.6 Å². The summed E-state index contributed by atoms with van der Waals surface area (Å²) in [4.78, 5) is 45.4. The van der Waals surface area contributed by atoms with Crippen LogP contribution in [0.4, 0.5) is 0 Å². The average molecular weight is 533 g/mol. The lowest BCUT2D eigenvalue weighted by Crippen LogP contribution is -2.67. The fourth-order valence-electron chi connectivity index (χ4n) is 5.40. The smallest absolute Gasteiger partial charge is 0.245 e. The molecule has 37 heavy (non-hydrogen) atoms. The lowest BCUT2D eigenvalue weighted by atomic mass is 9.91. The zero-order valence-corrected chi connectivity index (χ0v) is 23.6. The Morgan fingerprint density at radius 2 is 1.68 bits per heavy atom. The molecule has 206 valence electrons. The SMILES string of the molecule is CCCCCC(=O)N(C1CCCCC1)C1CN(C(=O)[C@@H](Cc2ccc(Cl)cc2)NC(=O)CCN(C)C)C1. The standard InChI is InChI=1S/C29H45ClN4O3/c1-4-5-7-12-28(36)34(24-10-8-6-9-11-24)25-20-33(21-25)29(37)26(31-27(35)17-18-32(2)3)19-22-13-15-23(30)16-14-22/h13-16,24-26H,4-12,17-21H2,1-3H3,(H,31,35)/t26-/m1/s1. The number of rotatable bonds is 13. The van der Waals surface area contributed by atoms with Crippen LogP contribution in [0, 0.1) is 0 Å². The summed E-state index contributed by atoms with van der Waals surface area (Å²) in [5.74, 6) is 0.0339. The van der Waals surface area contributed by atoms with Crippen LogP contribution in [0.25, 0.3) is 0 Å². The molecule has 1 aliphatic heterocycles. The molecular weight excluding hydrogens is 488 g/mol. The van der Waals surface area contributed by atoms with Crippen molar-refractivity contribution in [3.05, 3.63) is 34.9 Å². The summed E-state index contributed by atoms with van der Waals surface area (Å²) in [5, 5.41) is 3.62. The predicted molar refractivity (Wildman–Crippen MR) is 148 cm³/mol. The number of carbonyl (C=O) groups excluding carboxylic acids is 3. The molecule has 1 aromatic rings. The van der Waals surface area contributed by atoms with Gasteiger partial charge >= 0.3 is 0 Å². The quantitative estimate of drug-likeness (QED) is 0.385. The first-order chi connectivity index (χ1) is 17.8. The molecule has 3 amide bonds. The molecule has 8 heteroatoms. The van der Waals surface area contributed by atoms with E-state index in [0.717, 1.165) is 37.7 Å². The first kappa shape index (κ1) is 29.4. The lowest BCUT2D eigenvalue weighted by molar-refractivity contribution is -0.152. The summed E-state index contributed by atoms with van der Waals surface area (Å²) < 4.78 is 0. The molecule has 1 saturated heterocycles. The molecular formula is C29H45ClN4O3. The van der Waals surface area contributed by atoms with Crippen molar-refractivity contribution in [3.63, 3.8) is 0 Å². The zero-order chi connectivity index (χ0) is 26.8. The third kappa shape index (κ3) is 8.99. The third-order valence-electron chi connectivity index (χ3n) is 7.59. The normalized spacial score (nSPS) is 17.4. The van der Waals surface area contributed by atoms with Gasteiger partial charge in [-0.05, 0) is 51.1 Å². The molecule has 2 aliphatic rings. The van der Waals surface area contributed by atoms with Gasteiger partial charge in [-0.15, -0.1) is 0 Å². The molecule has 1 aliphatic carbocycles. The average Bonchev–Trinajstić information content (AvgIpc) is 2.85. The number of amides is 3. The molecule has 1 saturated carbocycles. The van der Waals surface area contributed by atoms with Gasteiger partial charge in [0.05, 0.1) is 6.04 Å². The van der Waals surface area contributed by atoms with Gasteiger partial charge in [0.25, 0.3) is 0 Å². The van der Waals surface area contributed by atoms with E-state index in [0.29, 0.717) is 50.0 Å². The summed E-state index contributed by atoms with van der Waals surface area (Å²) in [7, 11) is 3.84.